The summed E-state index contributed by atoms with van der Waals surface area (Å²) in [6, 6.07) is 11.2. The minimum Gasteiger partial charge on any atom is -0.497 e. The predicted molar refractivity (Wildman–Crippen MR) is 96.2 cm³/mol. The number of hydrogen-bond acceptors (Lipinski definition) is 5. The van der Waals surface area contributed by atoms with Crippen LogP contribution in [-0.4, -0.2) is 24.6 Å². The first-order valence-electron chi connectivity index (χ1n) is 7.50. The van der Waals surface area contributed by atoms with Crippen LogP contribution in [0.25, 0.3) is 10.2 Å². The first-order chi connectivity index (χ1) is 11.6. The SMILES string of the molecule is COc1ccc(OCC(=O)Nc2nc3c(C)c(C)ccc3s2)cc1. The van der Waals surface area contributed by atoms with E-state index in [4.69, 9.17) is 9.47 Å². The van der Waals surface area contributed by atoms with Crippen LogP contribution in [-0.2, 0) is 4.79 Å². The molecular weight excluding hydrogens is 324 g/mol. The Morgan fingerprint density at radius 2 is 1.83 bits per heavy atom. The number of carbonyl (C=O) groups excluding carboxylic acids is 1. The minimum atomic E-state index is -0.237. The second-order valence-corrected chi connectivity index (χ2v) is 6.42. The summed E-state index contributed by atoms with van der Waals surface area (Å²) in [4.78, 5) is 16.5. The van der Waals surface area contributed by atoms with E-state index in [2.05, 4.69) is 23.3 Å². The molecule has 0 unspecified atom stereocenters. The first kappa shape index (κ1) is 16.3. The molecule has 0 aliphatic rings. The number of hydrogen-bond donors (Lipinski definition) is 1. The molecule has 0 spiro atoms. The van der Waals surface area contributed by atoms with Crippen molar-refractivity contribution >= 4 is 32.6 Å². The number of thiazole rings is 1. The molecule has 0 saturated heterocycles. The van der Waals surface area contributed by atoms with Gasteiger partial charge in [-0.1, -0.05) is 17.4 Å². The summed E-state index contributed by atoms with van der Waals surface area (Å²) in [7, 11) is 1.60. The number of carbonyl (C=O) groups is 1. The predicted octanol–water partition coefficient (Wildman–Crippen LogP) is 3.94. The molecule has 2 aromatic carbocycles. The molecule has 0 aliphatic carbocycles. The monoisotopic (exact) mass is 342 g/mol. The molecule has 0 saturated carbocycles. The number of nitrogens with one attached hydrogen (secondary N) is 1. The molecule has 3 aromatic rings. The van der Waals surface area contributed by atoms with Crippen molar-refractivity contribution in [2.75, 3.05) is 19.0 Å². The summed E-state index contributed by atoms with van der Waals surface area (Å²) in [5.74, 6) is 1.12. The topological polar surface area (TPSA) is 60.5 Å². The van der Waals surface area contributed by atoms with Gasteiger partial charge < -0.3 is 9.47 Å². The van der Waals surface area contributed by atoms with Crippen molar-refractivity contribution in [1.82, 2.24) is 4.98 Å². The number of methoxy groups -OCH3 is 1. The molecule has 0 bridgehead atoms. The van der Waals surface area contributed by atoms with Crippen molar-refractivity contribution in [3.63, 3.8) is 0 Å². The Hall–Kier alpha value is -2.60. The van der Waals surface area contributed by atoms with Crippen LogP contribution in [0.2, 0.25) is 0 Å². The van der Waals surface area contributed by atoms with Gasteiger partial charge in [0.15, 0.2) is 11.7 Å². The molecule has 1 aromatic heterocycles. The quantitative estimate of drug-likeness (QED) is 0.763. The van der Waals surface area contributed by atoms with Gasteiger partial charge in [0.05, 0.1) is 17.3 Å². The fraction of sp³-hybridized carbons (Fsp3) is 0.222. The maximum absolute atomic E-state index is 12.0. The van der Waals surface area contributed by atoms with Gasteiger partial charge in [-0.2, -0.15) is 0 Å². The lowest BCUT2D eigenvalue weighted by Gasteiger charge is -2.06. The number of rotatable bonds is 5. The molecule has 5 nitrogen and oxygen atoms in total. The Morgan fingerprint density at radius 3 is 2.54 bits per heavy atom. The molecule has 3 rings (SSSR count). The zero-order chi connectivity index (χ0) is 17.1. The Kier molecular flexibility index (Phi) is 4.66. The van der Waals surface area contributed by atoms with Gasteiger partial charge in [0.1, 0.15) is 11.5 Å². The van der Waals surface area contributed by atoms with Crippen LogP contribution < -0.4 is 14.8 Å². The lowest BCUT2D eigenvalue weighted by atomic mass is 10.1. The minimum absolute atomic E-state index is 0.0692. The summed E-state index contributed by atoms with van der Waals surface area (Å²) in [6.07, 6.45) is 0. The number of fused-ring (bicyclic) bond motifs is 1. The molecule has 0 aliphatic heterocycles. The van der Waals surface area contributed by atoms with E-state index in [0.717, 1.165) is 21.5 Å². The second kappa shape index (κ2) is 6.88. The summed E-state index contributed by atoms with van der Waals surface area (Å²) >= 11 is 1.46. The third-order valence-electron chi connectivity index (χ3n) is 3.76. The van der Waals surface area contributed by atoms with E-state index in [-0.39, 0.29) is 12.5 Å². The highest BCUT2D eigenvalue weighted by atomic mass is 32.1. The highest BCUT2D eigenvalue weighted by Crippen LogP contribution is 2.29. The zero-order valence-electron chi connectivity index (χ0n) is 13.8. The highest BCUT2D eigenvalue weighted by molar-refractivity contribution is 7.22. The van der Waals surface area contributed by atoms with Gasteiger partial charge >= 0.3 is 0 Å². The zero-order valence-corrected chi connectivity index (χ0v) is 14.6. The van der Waals surface area contributed by atoms with Gasteiger partial charge in [0.2, 0.25) is 0 Å². The Bertz CT molecular complexity index is 872. The van der Waals surface area contributed by atoms with E-state index in [1.807, 2.05) is 13.0 Å². The maximum atomic E-state index is 12.0. The van der Waals surface area contributed by atoms with Gasteiger partial charge in [0, 0.05) is 0 Å². The standard InChI is InChI=1S/C18H18N2O3S/c1-11-4-9-15-17(12(11)2)20-18(24-15)19-16(21)10-23-14-7-5-13(22-3)6-8-14/h4-9H,10H2,1-3H3,(H,19,20,21). The van der Waals surface area contributed by atoms with Gasteiger partial charge in [-0.15, -0.1) is 0 Å². The number of nitrogens with zero attached hydrogens (tertiary/aromatic N) is 1. The summed E-state index contributed by atoms with van der Waals surface area (Å²) in [6.45, 7) is 4.02. The molecule has 1 N–H and O–H groups in total. The van der Waals surface area contributed by atoms with Gasteiger partial charge in [-0.3, -0.25) is 10.1 Å². The Morgan fingerprint density at radius 1 is 1.12 bits per heavy atom. The van der Waals surface area contributed by atoms with Crippen LogP contribution >= 0.6 is 11.3 Å². The molecule has 24 heavy (non-hydrogen) atoms. The van der Waals surface area contributed by atoms with Crippen LogP contribution in [0.4, 0.5) is 5.13 Å². The van der Waals surface area contributed by atoms with Crippen LogP contribution in [0.15, 0.2) is 36.4 Å². The number of aromatic nitrogens is 1. The molecule has 0 atom stereocenters. The van der Waals surface area contributed by atoms with Crippen molar-refractivity contribution in [2.45, 2.75) is 13.8 Å². The van der Waals surface area contributed by atoms with Gasteiger partial charge in [-0.25, -0.2) is 4.98 Å². The molecule has 124 valence electrons. The number of benzene rings is 2. The third kappa shape index (κ3) is 3.49. The average molecular weight is 342 g/mol. The van der Waals surface area contributed by atoms with Crippen LogP contribution in [0.1, 0.15) is 11.1 Å². The second-order valence-electron chi connectivity index (χ2n) is 5.39. The summed E-state index contributed by atoms with van der Waals surface area (Å²) in [5.41, 5.74) is 3.26. The van der Waals surface area contributed by atoms with Gasteiger partial charge in [-0.05, 0) is 55.3 Å². The normalized spacial score (nSPS) is 10.6. The molecular formula is C18H18N2O3S. The van der Waals surface area contributed by atoms with E-state index < -0.39 is 0 Å². The lowest BCUT2D eigenvalue weighted by Crippen LogP contribution is -2.19. The number of amides is 1. The van der Waals surface area contributed by atoms with E-state index in [0.29, 0.717) is 10.9 Å². The smallest absolute Gasteiger partial charge is 0.264 e. The van der Waals surface area contributed by atoms with Crippen LogP contribution in [0, 0.1) is 13.8 Å². The maximum Gasteiger partial charge on any atom is 0.264 e. The fourth-order valence-corrected chi connectivity index (χ4v) is 3.20. The summed E-state index contributed by atoms with van der Waals surface area (Å²) < 4.78 is 11.6. The highest BCUT2D eigenvalue weighted by Gasteiger charge is 2.11. The van der Waals surface area contributed by atoms with Gasteiger partial charge in [0.25, 0.3) is 5.91 Å². The number of ether oxygens (including phenoxy) is 2. The lowest BCUT2D eigenvalue weighted by molar-refractivity contribution is -0.118. The first-order valence-corrected chi connectivity index (χ1v) is 8.32. The van der Waals surface area contributed by atoms with Crippen LogP contribution in [0.3, 0.4) is 0 Å². The van der Waals surface area contributed by atoms with Crippen molar-refractivity contribution in [3.05, 3.63) is 47.5 Å². The van der Waals surface area contributed by atoms with Crippen molar-refractivity contribution in [2.24, 2.45) is 0 Å². The third-order valence-corrected chi connectivity index (χ3v) is 4.70. The Labute approximate surface area is 144 Å². The summed E-state index contributed by atoms with van der Waals surface area (Å²) in [5, 5.41) is 3.37. The molecule has 0 radical (unpaired) electrons. The van der Waals surface area contributed by atoms with E-state index in [1.165, 1.54) is 16.9 Å². The van der Waals surface area contributed by atoms with E-state index >= 15 is 0 Å². The van der Waals surface area contributed by atoms with Crippen molar-refractivity contribution in [1.29, 1.82) is 0 Å². The molecule has 1 heterocycles. The molecule has 6 heteroatoms. The van der Waals surface area contributed by atoms with E-state index in [9.17, 15) is 4.79 Å². The Balaban J connectivity index is 1.63. The average Bonchev–Trinajstić information content (AvgIpc) is 3.00. The number of anilines is 1. The fourth-order valence-electron chi connectivity index (χ4n) is 2.26. The molecule has 1 amide bonds. The van der Waals surface area contributed by atoms with Crippen LogP contribution in [0.5, 0.6) is 11.5 Å². The van der Waals surface area contributed by atoms with E-state index in [1.54, 1.807) is 31.4 Å². The molecule has 0 fully saturated rings. The largest absolute Gasteiger partial charge is 0.497 e. The number of aryl methyl sites for hydroxylation is 2. The van der Waals surface area contributed by atoms with Crippen molar-refractivity contribution < 1.29 is 14.3 Å². The van der Waals surface area contributed by atoms with Crippen molar-refractivity contribution in [3.8, 4) is 11.5 Å².